The molecule has 1 aliphatic rings. The van der Waals surface area contributed by atoms with Gasteiger partial charge in [-0.1, -0.05) is 53.4 Å². The first-order chi connectivity index (χ1) is 15.6. The van der Waals surface area contributed by atoms with Crippen LogP contribution in [0.5, 0.6) is 5.88 Å². The van der Waals surface area contributed by atoms with E-state index < -0.39 is 0 Å². The molecule has 0 fully saturated rings. The van der Waals surface area contributed by atoms with Crippen molar-refractivity contribution in [2.45, 2.75) is 22.8 Å². The lowest BCUT2D eigenvalue weighted by Crippen LogP contribution is -2.19. The Balaban J connectivity index is 1.34. The second-order valence-electron chi connectivity index (χ2n) is 7.67. The smallest absolute Gasteiger partial charge is 0.307 e. The molecule has 3 aromatic carbocycles. The van der Waals surface area contributed by atoms with Gasteiger partial charge < -0.3 is 14.4 Å². The monoisotopic (exact) mass is 458 g/mol. The van der Waals surface area contributed by atoms with Crippen LogP contribution in [0.4, 0.5) is 11.4 Å². The molecule has 0 aliphatic carbocycles. The van der Waals surface area contributed by atoms with Gasteiger partial charge in [0.1, 0.15) is 11.3 Å². The van der Waals surface area contributed by atoms with Crippen LogP contribution >= 0.6 is 23.1 Å². The van der Waals surface area contributed by atoms with Crippen LogP contribution in [0, 0.1) is 0 Å². The molecule has 0 unspecified atom stereocenters. The lowest BCUT2D eigenvalue weighted by Gasteiger charge is -2.32. The van der Waals surface area contributed by atoms with Gasteiger partial charge in [-0.05, 0) is 48.0 Å². The van der Waals surface area contributed by atoms with Crippen LogP contribution in [0.1, 0.15) is 16.2 Å². The summed E-state index contributed by atoms with van der Waals surface area (Å²) in [6.07, 6.45) is 0.496. The number of fused-ring (bicyclic) bond motifs is 3. The van der Waals surface area contributed by atoms with Gasteiger partial charge in [-0.25, -0.2) is 0 Å². The first-order valence-electron chi connectivity index (χ1n) is 10.2. The van der Waals surface area contributed by atoms with Gasteiger partial charge in [0.2, 0.25) is 5.88 Å². The van der Waals surface area contributed by atoms with Crippen LogP contribution in [0.15, 0.2) is 91.8 Å². The van der Waals surface area contributed by atoms with Crippen LogP contribution in [0.2, 0.25) is 0 Å². The second-order valence-corrected chi connectivity index (χ2v) is 9.82. The van der Waals surface area contributed by atoms with E-state index >= 15 is 0 Å². The van der Waals surface area contributed by atoms with Gasteiger partial charge in [-0.15, -0.1) is 0 Å². The van der Waals surface area contributed by atoms with Crippen LogP contribution in [0.3, 0.4) is 0 Å². The number of nitrogens with zero attached hydrogens (tertiary/aromatic N) is 1. The van der Waals surface area contributed by atoms with Crippen molar-refractivity contribution in [3.63, 3.8) is 0 Å². The molecule has 158 valence electrons. The molecule has 0 radical (unpaired) electrons. The molecule has 1 aliphatic heterocycles. The summed E-state index contributed by atoms with van der Waals surface area (Å²) in [5.41, 5.74) is 4.19. The molecule has 5 aromatic rings. The number of nitrogens with one attached hydrogen (secondary N) is 1. The van der Waals surface area contributed by atoms with E-state index in [-0.39, 0.29) is 10.8 Å². The first kappa shape index (κ1) is 19.3. The average molecular weight is 459 g/mol. The summed E-state index contributed by atoms with van der Waals surface area (Å²) in [5.74, 6) is 0.830. The maximum absolute atomic E-state index is 11.5. The third-order valence-corrected chi connectivity index (χ3v) is 7.54. The minimum atomic E-state index is -0.246. The minimum Gasteiger partial charge on any atom is -0.494 e. The summed E-state index contributed by atoms with van der Waals surface area (Å²) in [7, 11) is 0. The molecule has 0 saturated carbocycles. The molecule has 3 heterocycles. The van der Waals surface area contributed by atoms with Crippen LogP contribution in [-0.4, -0.2) is 10.1 Å². The average Bonchev–Trinajstić information content (AvgIpc) is 3.34. The number of rotatable bonds is 4. The largest absolute Gasteiger partial charge is 0.494 e. The van der Waals surface area contributed by atoms with Crippen molar-refractivity contribution >= 4 is 45.4 Å². The Bertz CT molecular complexity index is 1470. The third-order valence-electron chi connectivity index (χ3n) is 5.54. The zero-order valence-electron chi connectivity index (χ0n) is 16.9. The number of thiazole rings is 1. The summed E-state index contributed by atoms with van der Waals surface area (Å²) in [6, 6.07) is 24.9. The minimum absolute atomic E-state index is 0.0479. The fourth-order valence-electron chi connectivity index (χ4n) is 4.10. The number of para-hydroxylation sites is 2. The summed E-state index contributed by atoms with van der Waals surface area (Å²) >= 11 is 2.83. The van der Waals surface area contributed by atoms with Gasteiger partial charge >= 0.3 is 4.87 Å². The number of H-pyrrole nitrogens is 1. The Morgan fingerprint density at radius 1 is 0.938 bits per heavy atom. The molecule has 6 rings (SSSR count). The summed E-state index contributed by atoms with van der Waals surface area (Å²) in [6.45, 7) is 0.624. The van der Waals surface area contributed by atoms with E-state index in [1.54, 1.807) is 11.8 Å². The van der Waals surface area contributed by atoms with Gasteiger partial charge in [-0.3, -0.25) is 9.78 Å². The Hall–Kier alpha value is -3.42. The number of aromatic hydroxyl groups is 1. The van der Waals surface area contributed by atoms with Crippen molar-refractivity contribution in [3.05, 3.63) is 98.7 Å². The van der Waals surface area contributed by atoms with Crippen molar-refractivity contribution in [2.75, 3.05) is 4.90 Å². The third kappa shape index (κ3) is 3.39. The van der Waals surface area contributed by atoms with E-state index in [4.69, 9.17) is 4.42 Å². The van der Waals surface area contributed by atoms with E-state index in [1.807, 2.05) is 12.1 Å². The number of aromatic nitrogens is 1. The topological polar surface area (TPSA) is 69.5 Å². The van der Waals surface area contributed by atoms with E-state index in [0.717, 1.165) is 33.6 Å². The number of hydrogen-bond donors (Lipinski definition) is 2. The van der Waals surface area contributed by atoms with Gasteiger partial charge in [0.15, 0.2) is 0 Å². The molecule has 0 spiro atoms. The van der Waals surface area contributed by atoms with Gasteiger partial charge in [0.05, 0.1) is 22.8 Å². The van der Waals surface area contributed by atoms with E-state index in [1.165, 1.54) is 21.2 Å². The molecule has 7 heteroatoms. The van der Waals surface area contributed by atoms with Crippen molar-refractivity contribution < 1.29 is 9.52 Å². The highest BCUT2D eigenvalue weighted by atomic mass is 32.2. The molecule has 2 N–H and O–H groups in total. The highest BCUT2D eigenvalue weighted by Crippen LogP contribution is 2.48. The lowest BCUT2D eigenvalue weighted by atomic mass is 10.1. The Morgan fingerprint density at radius 3 is 2.34 bits per heavy atom. The first-order valence-corrected chi connectivity index (χ1v) is 11.8. The number of furan rings is 1. The van der Waals surface area contributed by atoms with Gasteiger partial charge in [-0.2, -0.15) is 0 Å². The molecule has 0 amide bonds. The number of anilines is 2. The summed E-state index contributed by atoms with van der Waals surface area (Å²) < 4.78 is 6.18. The number of hydrogen-bond acceptors (Lipinski definition) is 6. The predicted molar refractivity (Wildman–Crippen MR) is 128 cm³/mol. The molecule has 0 bridgehead atoms. The second kappa shape index (κ2) is 7.62. The van der Waals surface area contributed by atoms with Crippen LogP contribution < -0.4 is 9.77 Å². The molecule has 0 saturated heterocycles. The van der Waals surface area contributed by atoms with E-state index in [2.05, 4.69) is 70.5 Å². The maximum Gasteiger partial charge on any atom is 0.307 e. The van der Waals surface area contributed by atoms with Gasteiger partial charge in [0, 0.05) is 21.6 Å². The Kier molecular flexibility index (Phi) is 4.59. The van der Waals surface area contributed by atoms with Crippen molar-refractivity contribution in [3.8, 4) is 5.88 Å². The van der Waals surface area contributed by atoms with Crippen molar-refractivity contribution in [1.29, 1.82) is 0 Å². The Morgan fingerprint density at radius 2 is 1.66 bits per heavy atom. The fraction of sp³-hybridized carbons (Fsp3) is 0.0800. The maximum atomic E-state index is 11.5. The molecule has 2 aromatic heterocycles. The predicted octanol–water partition coefficient (Wildman–Crippen LogP) is 6.28. The highest BCUT2D eigenvalue weighted by molar-refractivity contribution is 7.99. The quantitative estimate of drug-likeness (QED) is 0.332. The highest BCUT2D eigenvalue weighted by Gasteiger charge is 2.24. The van der Waals surface area contributed by atoms with Crippen LogP contribution in [0.25, 0.3) is 11.0 Å². The standard InChI is InChI=1S/C25H18N2O3S2/c28-24-23(32-25(29)26-24)12-15-9-10-20-16(11-15)13-17(30-20)14-27-18-5-1-3-7-21(18)31-22-8-4-2-6-19(22)27/h1-11,13,28H,12,14H2,(H,26,29). The molecule has 5 nitrogen and oxygen atoms in total. The molecule has 32 heavy (non-hydrogen) atoms. The zero-order valence-corrected chi connectivity index (χ0v) is 18.5. The molecular weight excluding hydrogens is 440 g/mol. The SMILES string of the molecule is O=c1[nH]c(O)c(Cc2ccc3oc(CN4c5ccccc5Sc5ccccc54)cc3c2)s1. The number of benzene rings is 3. The lowest BCUT2D eigenvalue weighted by molar-refractivity contribution is 0.451. The number of aromatic amines is 1. The molecule has 0 atom stereocenters. The van der Waals surface area contributed by atoms with Gasteiger partial charge in [0.25, 0.3) is 0 Å². The summed E-state index contributed by atoms with van der Waals surface area (Å²) in [4.78, 5) is 19.0. The normalized spacial score (nSPS) is 12.7. The van der Waals surface area contributed by atoms with Crippen molar-refractivity contribution in [2.24, 2.45) is 0 Å². The molecular formula is C25H18N2O3S2. The van der Waals surface area contributed by atoms with E-state index in [0.29, 0.717) is 17.8 Å². The van der Waals surface area contributed by atoms with Crippen LogP contribution in [-0.2, 0) is 13.0 Å². The van der Waals surface area contributed by atoms with Crippen molar-refractivity contribution in [1.82, 2.24) is 4.98 Å². The fourth-order valence-corrected chi connectivity index (χ4v) is 5.95. The Labute approximate surface area is 192 Å². The summed E-state index contributed by atoms with van der Waals surface area (Å²) in [5, 5.41) is 10.9. The van der Waals surface area contributed by atoms with E-state index in [9.17, 15) is 9.90 Å². The zero-order chi connectivity index (χ0) is 21.7.